The van der Waals surface area contributed by atoms with Gasteiger partial charge >= 0.3 is 12.0 Å². The van der Waals surface area contributed by atoms with Crippen LogP contribution in [-0.4, -0.2) is 18.1 Å². The van der Waals surface area contributed by atoms with Crippen LogP contribution in [0.4, 0.5) is 4.79 Å². The molecule has 1 unspecified atom stereocenters. The van der Waals surface area contributed by atoms with Gasteiger partial charge in [-0.05, 0) is 50.3 Å². The maximum absolute atomic E-state index is 12.9. The lowest BCUT2D eigenvalue weighted by Gasteiger charge is -2.29. The zero-order chi connectivity index (χ0) is 17.8. The van der Waals surface area contributed by atoms with E-state index >= 15 is 0 Å². The number of ether oxygens (including phenoxy) is 1. The molecule has 5 nitrogen and oxygen atoms in total. The lowest BCUT2D eigenvalue weighted by molar-refractivity contribution is -0.145. The average Bonchev–Trinajstić information content (AvgIpc) is 2.83. The highest BCUT2D eigenvalue weighted by Crippen LogP contribution is 2.30. The van der Waals surface area contributed by atoms with Crippen molar-refractivity contribution in [3.63, 3.8) is 0 Å². The highest BCUT2D eigenvalue weighted by molar-refractivity contribution is 9.10. The molecule has 1 saturated carbocycles. The van der Waals surface area contributed by atoms with Crippen molar-refractivity contribution in [1.29, 1.82) is 0 Å². The molecule has 1 heterocycles. The summed E-state index contributed by atoms with van der Waals surface area (Å²) < 4.78 is 6.74. The number of halogens is 1. The number of hydrogen-bond donors (Lipinski definition) is 2. The molecule has 134 valence electrons. The number of amides is 2. The molecule has 0 saturated heterocycles. The Morgan fingerprint density at radius 1 is 1.12 bits per heavy atom. The number of hydrogen-bond acceptors (Lipinski definition) is 3. The Kier molecular flexibility index (Phi) is 5.78. The first-order chi connectivity index (χ1) is 12.0. The van der Waals surface area contributed by atoms with Gasteiger partial charge in [-0.3, -0.25) is 0 Å². The number of esters is 1. The summed E-state index contributed by atoms with van der Waals surface area (Å²) in [6.07, 6.45) is 6.41. The average molecular weight is 407 g/mol. The molecule has 1 aromatic carbocycles. The third-order valence-corrected chi connectivity index (χ3v) is 5.30. The van der Waals surface area contributed by atoms with Crippen molar-refractivity contribution in [2.24, 2.45) is 0 Å². The van der Waals surface area contributed by atoms with E-state index in [1.54, 1.807) is 6.92 Å². The van der Waals surface area contributed by atoms with Crippen molar-refractivity contribution in [2.45, 2.75) is 57.6 Å². The van der Waals surface area contributed by atoms with Crippen molar-refractivity contribution in [3.8, 4) is 0 Å². The lowest BCUT2D eigenvalue weighted by Crippen LogP contribution is -2.45. The lowest BCUT2D eigenvalue weighted by atomic mass is 9.95. The minimum absolute atomic E-state index is 0.0292. The van der Waals surface area contributed by atoms with Crippen molar-refractivity contribution in [3.05, 3.63) is 45.6 Å². The molecule has 2 amide bonds. The Morgan fingerprint density at radius 3 is 2.40 bits per heavy atom. The van der Waals surface area contributed by atoms with E-state index in [2.05, 4.69) is 26.6 Å². The van der Waals surface area contributed by atoms with Crippen LogP contribution in [-0.2, 0) is 9.53 Å². The van der Waals surface area contributed by atoms with Gasteiger partial charge in [-0.2, -0.15) is 0 Å². The van der Waals surface area contributed by atoms with E-state index < -0.39 is 6.04 Å². The molecular weight excluding hydrogens is 384 g/mol. The zero-order valence-corrected chi connectivity index (χ0v) is 15.9. The van der Waals surface area contributed by atoms with Gasteiger partial charge in [-0.1, -0.05) is 40.9 Å². The fourth-order valence-corrected chi connectivity index (χ4v) is 3.71. The molecule has 2 aliphatic rings. The van der Waals surface area contributed by atoms with Crippen LogP contribution in [0.5, 0.6) is 0 Å². The summed E-state index contributed by atoms with van der Waals surface area (Å²) in [5, 5.41) is 5.53. The van der Waals surface area contributed by atoms with Gasteiger partial charge < -0.3 is 15.4 Å². The Balaban J connectivity index is 1.83. The van der Waals surface area contributed by atoms with Crippen LogP contribution in [0.15, 0.2) is 40.0 Å². The summed E-state index contributed by atoms with van der Waals surface area (Å²) in [6, 6.07) is 6.77. The Bertz CT molecular complexity index is 676. The SMILES string of the molecule is CC1=C(C(=O)OC2CCCCCC2)C(c2ccc(Br)cc2)NC(=O)N1. The minimum Gasteiger partial charge on any atom is -0.459 e. The summed E-state index contributed by atoms with van der Waals surface area (Å²) in [5.74, 6) is -0.343. The highest BCUT2D eigenvalue weighted by Gasteiger charge is 2.33. The topological polar surface area (TPSA) is 67.4 Å². The van der Waals surface area contributed by atoms with Gasteiger partial charge in [0.1, 0.15) is 6.10 Å². The Labute approximate surface area is 156 Å². The normalized spacial score (nSPS) is 22.0. The molecule has 0 bridgehead atoms. The van der Waals surface area contributed by atoms with Crippen LogP contribution >= 0.6 is 15.9 Å². The van der Waals surface area contributed by atoms with Crippen LogP contribution in [0.25, 0.3) is 0 Å². The molecule has 1 aliphatic heterocycles. The quantitative estimate of drug-likeness (QED) is 0.579. The summed E-state index contributed by atoms with van der Waals surface area (Å²) >= 11 is 3.41. The summed E-state index contributed by atoms with van der Waals surface area (Å²) in [6.45, 7) is 1.74. The van der Waals surface area contributed by atoms with Gasteiger partial charge in [-0.25, -0.2) is 9.59 Å². The Hall–Kier alpha value is -1.82. The number of benzene rings is 1. The maximum Gasteiger partial charge on any atom is 0.338 e. The molecule has 0 radical (unpaired) electrons. The van der Waals surface area contributed by atoms with Crippen molar-refractivity contribution in [1.82, 2.24) is 10.6 Å². The predicted molar refractivity (Wildman–Crippen MR) is 98.8 cm³/mol. The molecule has 1 aromatic rings. The van der Waals surface area contributed by atoms with E-state index in [0.717, 1.165) is 35.7 Å². The number of allylic oxidation sites excluding steroid dienone is 1. The number of carbonyl (C=O) groups is 2. The largest absolute Gasteiger partial charge is 0.459 e. The molecule has 3 rings (SSSR count). The second-order valence-corrected chi connectivity index (χ2v) is 7.56. The van der Waals surface area contributed by atoms with E-state index in [-0.39, 0.29) is 18.1 Å². The van der Waals surface area contributed by atoms with E-state index in [9.17, 15) is 9.59 Å². The first-order valence-electron chi connectivity index (χ1n) is 8.79. The smallest absolute Gasteiger partial charge is 0.338 e. The molecule has 1 aliphatic carbocycles. The maximum atomic E-state index is 12.9. The molecule has 1 atom stereocenters. The summed E-state index contributed by atoms with van der Waals surface area (Å²) in [7, 11) is 0. The predicted octanol–water partition coefficient (Wildman–Crippen LogP) is 4.34. The fraction of sp³-hybridized carbons (Fsp3) is 0.474. The van der Waals surface area contributed by atoms with Gasteiger partial charge in [0.05, 0.1) is 11.6 Å². The Morgan fingerprint density at radius 2 is 1.76 bits per heavy atom. The number of carbonyl (C=O) groups excluding carboxylic acids is 2. The standard InChI is InChI=1S/C19H23BrN2O3/c1-12-16(18(23)25-15-6-4-2-3-5-7-15)17(22-19(24)21-12)13-8-10-14(20)11-9-13/h8-11,15,17H,2-7H2,1H3,(H2,21,22,24). The highest BCUT2D eigenvalue weighted by atomic mass is 79.9. The van der Waals surface area contributed by atoms with Crippen molar-refractivity contribution >= 4 is 27.9 Å². The molecule has 25 heavy (non-hydrogen) atoms. The van der Waals surface area contributed by atoms with E-state index in [0.29, 0.717) is 11.3 Å². The zero-order valence-electron chi connectivity index (χ0n) is 14.3. The minimum atomic E-state index is -0.500. The van der Waals surface area contributed by atoms with Gasteiger partial charge in [0.2, 0.25) is 0 Å². The monoisotopic (exact) mass is 406 g/mol. The molecule has 0 spiro atoms. The molecule has 0 aromatic heterocycles. The van der Waals surface area contributed by atoms with Crippen LogP contribution < -0.4 is 10.6 Å². The molecule has 2 N–H and O–H groups in total. The van der Waals surface area contributed by atoms with Crippen molar-refractivity contribution in [2.75, 3.05) is 0 Å². The molecule has 6 heteroatoms. The number of rotatable bonds is 3. The molecular formula is C19H23BrN2O3. The van der Waals surface area contributed by atoms with Gasteiger partial charge in [-0.15, -0.1) is 0 Å². The van der Waals surface area contributed by atoms with Gasteiger partial charge in [0.25, 0.3) is 0 Å². The third kappa shape index (κ3) is 4.42. The van der Waals surface area contributed by atoms with E-state index in [1.807, 2.05) is 24.3 Å². The number of nitrogens with one attached hydrogen (secondary N) is 2. The van der Waals surface area contributed by atoms with Crippen LogP contribution in [0, 0.1) is 0 Å². The van der Waals surface area contributed by atoms with Crippen molar-refractivity contribution < 1.29 is 14.3 Å². The summed E-state index contributed by atoms with van der Waals surface area (Å²) in [5.41, 5.74) is 1.88. The number of urea groups is 1. The van der Waals surface area contributed by atoms with Crippen LogP contribution in [0.2, 0.25) is 0 Å². The molecule has 1 fully saturated rings. The van der Waals surface area contributed by atoms with Gasteiger partial charge in [0.15, 0.2) is 0 Å². The first kappa shape index (κ1) is 18.0. The fourth-order valence-electron chi connectivity index (χ4n) is 3.44. The van der Waals surface area contributed by atoms with Crippen LogP contribution in [0.3, 0.4) is 0 Å². The van der Waals surface area contributed by atoms with Gasteiger partial charge in [0, 0.05) is 10.2 Å². The summed E-state index contributed by atoms with van der Waals surface area (Å²) in [4.78, 5) is 24.8. The first-order valence-corrected chi connectivity index (χ1v) is 9.58. The third-order valence-electron chi connectivity index (χ3n) is 4.77. The van der Waals surface area contributed by atoms with E-state index in [1.165, 1.54) is 12.8 Å². The van der Waals surface area contributed by atoms with Crippen LogP contribution in [0.1, 0.15) is 57.1 Å². The second-order valence-electron chi connectivity index (χ2n) is 6.64. The van der Waals surface area contributed by atoms with E-state index in [4.69, 9.17) is 4.74 Å². The second kappa shape index (κ2) is 8.04.